The highest BCUT2D eigenvalue weighted by molar-refractivity contribution is 5.79. The minimum Gasteiger partial charge on any atom is -0.480 e. The average molecular weight is 253 g/mol. The van der Waals surface area contributed by atoms with Crippen LogP contribution in [0.1, 0.15) is 59.8 Å². The lowest BCUT2D eigenvalue weighted by atomic mass is 9.58. The Hall–Kier alpha value is -0.570. The van der Waals surface area contributed by atoms with Crippen molar-refractivity contribution in [1.82, 2.24) is 5.32 Å². The van der Waals surface area contributed by atoms with E-state index >= 15 is 0 Å². The lowest BCUT2D eigenvalue weighted by molar-refractivity contribution is -0.151. The molecule has 2 fully saturated rings. The maximum Gasteiger partial charge on any atom is 0.323 e. The maximum atomic E-state index is 11.8. The molecule has 0 aromatic rings. The lowest BCUT2D eigenvalue weighted by Crippen LogP contribution is -2.60. The van der Waals surface area contributed by atoms with Crippen LogP contribution in [0.5, 0.6) is 0 Å². The van der Waals surface area contributed by atoms with E-state index < -0.39 is 11.5 Å². The van der Waals surface area contributed by atoms with E-state index in [1.807, 2.05) is 0 Å². The summed E-state index contributed by atoms with van der Waals surface area (Å²) in [6.45, 7) is 9.67. The zero-order valence-corrected chi connectivity index (χ0v) is 12.2. The van der Waals surface area contributed by atoms with Gasteiger partial charge in [-0.3, -0.25) is 4.79 Å². The summed E-state index contributed by atoms with van der Waals surface area (Å²) >= 11 is 0. The molecular formula is C15H27NO2. The Morgan fingerprint density at radius 1 is 1.11 bits per heavy atom. The van der Waals surface area contributed by atoms with Gasteiger partial charge in [-0.15, -0.1) is 0 Å². The van der Waals surface area contributed by atoms with Crippen LogP contribution < -0.4 is 5.32 Å². The van der Waals surface area contributed by atoms with Crippen molar-refractivity contribution in [2.24, 2.45) is 16.7 Å². The van der Waals surface area contributed by atoms with Crippen molar-refractivity contribution in [3.63, 3.8) is 0 Å². The smallest absolute Gasteiger partial charge is 0.323 e. The van der Waals surface area contributed by atoms with E-state index in [0.29, 0.717) is 0 Å². The van der Waals surface area contributed by atoms with Crippen LogP contribution in [0.25, 0.3) is 0 Å². The first-order valence-electron chi connectivity index (χ1n) is 7.13. The molecular weight excluding hydrogens is 226 g/mol. The molecule has 18 heavy (non-hydrogen) atoms. The minimum absolute atomic E-state index is 0.0939. The summed E-state index contributed by atoms with van der Waals surface area (Å²) in [4.78, 5) is 11.8. The first kappa shape index (κ1) is 13.9. The molecule has 0 aliphatic heterocycles. The molecule has 2 aliphatic rings. The van der Waals surface area contributed by atoms with Crippen molar-refractivity contribution in [3.05, 3.63) is 0 Å². The summed E-state index contributed by atoms with van der Waals surface area (Å²) in [6, 6.07) is 0. The molecule has 0 amide bonds. The Balaban J connectivity index is 2.18. The van der Waals surface area contributed by atoms with Gasteiger partial charge in [0.25, 0.3) is 0 Å². The molecule has 2 rings (SSSR count). The van der Waals surface area contributed by atoms with Crippen molar-refractivity contribution < 1.29 is 9.90 Å². The van der Waals surface area contributed by atoms with Gasteiger partial charge in [0.15, 0.2) is 0 Å². The number of nitrogens with one attached hydrogen (secondary N) is 1. The summed E-state index contributed by atoms with van der Waals surface area (Å²) in [5.41, 5.74) is -0.527. The van der Waals surface area contributed by atoms with Crippen molar-refractivity contribution in [1.29, 1.82) is 0 Å². The van der Waals surface area contributed by atoms with E-state index in [4.69, 9.17) is 0 Å². The van der Waals surface area contributed by atoms with E-state index in [-0.39, 0.29) is 10.8 Å². The third-order valence-corrected chi connectivity index (χ3v) is 4.35. The Morgan fingerprint density at radius 3 is 2.00 bits per heavy atom. The predicted octanol–water partition coefficient (Wildman–Crippen LogP) is 3.05. The van der Waals surface area contributed by atoms with Gasteiger partial charge in [0.2, 0.25) is 0 Å². The van der Waals surface area contributed by atoms with Crippen LogP contribution in [0.15, 0.2) is 0 Å². The number of carboxylic acids is 1. The predicted molar refractivity (Wildman–Crippen MR) is 72.5 cm³/mol. The fourth-order valence-electron chi connectivity index (χ4n) is 4.13. The Bertz CT molecular complexity index is 326. The molecule has 0 aromatic carbocycles. The normalized spacial score (nSPS) is 28.9. The van der Waals surface area contributed by atoms with Crippen LogP contribution in [0.3, 0.4) is 0 Å². The molecule has 0 radical (unpaired) electrons. The van der Waals surface area contributed by atoms with E-state index in [1.165, 1.54) is 12.8 Å². The second-order valence-electron chi connectivity index (χ2n) is 8.07. The molecule has 0 atom stereocenters. The highest BCUT2D eigenvalue weighted by atomic mass is 16.4. The second kappa shape index (κ2) is 4.22. The van der Waals surface area contributed by atoms with Gasteiger partial charge >= 0.3 is 5.97 Å². The molecule has 0 saturated heterocycles. The van der Waals surface area contributed by atoms with Crippen LogP contribution >= 0.6 is 0 Å². The van der Waals surface area contributed by atoms with Gasteiger partial charge in [-0.25, -0.2) is 0 Å². The third kappa shape index (κ3) is 3.05. The number of carboxylic acid groups (broad SMARTS) is 1. The molecule has 0 heterocycles. The zero-order valence-electron chi connectivity index (χ0n) is 12.2. The topological polar surface area (TPSA) is 49.3 Å². The van der Waals surface area contributed by atoms with Crippen LogP contribution in [-0.4, -0.2) is 23.2 Å². The van der Waals surface area contributed by atoms with E-state index in [1.54, 1.807) is 0 Å². The maximum absolute atomic E-state index is 11.8. The third-order valence-electron chi connectivity index (χ3n) is 4.35. The number of hydrogen-bond acceptors (Lipinski definition) is 2. The molecule has 0 aromatic heterocycles. The summed E-state index contributed by atoms with van der Waals surface area (Å²) in [6.07, 6.45) is 5.10. The molecule has 104 valence electrons. The van der Waals surface area contributed by atoms with Crippen LogP contribution in [0.4, 0.5) is 0 Å². The fourth-order valence-corrected chi connectivity index (χ4v) is 4.13. The summed E-state index contributed by atoms with van der Waals surface area (Å²) < 4.78 is 0. The van der Waals surface area contributed by atoms with Gasteiger partial charge in [-0.2, -0.15) is 0 Å². The fraction of sp³-hybridized carbons (Fsp3) is 0.933. The minimum atomic E-state index is -0.714. The van der Waals surface area contributed by atoms with Gasteiger partial charge in [0.1, 0.15) is 5.54 Å². The molecule has 3 nitrogen and oxygen atoms in total. The number of carbonyl (C=O) groups is 1. The molecule has 0 unspecified atom stereocenters. The van der Waals surface area contributed by atoms with Gasteiger partial charge in [-0.1, -0.05) is 27.7 Å². The van der Waals surface area contributed by atoms with E-state index in [2.05, 4.69) is 33.0 Å². The van der Waals surface area contributed by atoms with Gasteiger partial charge in [0, 0.05) is 0 Å². The summed E-state index contributed by atoms with van der Waals surface area (Å²) in [7, 11) is 0. The Morgan fingerprint density at radius 2 is 1.61 bits per heavy atom. The first-order valence-corrected chi connectivity index (χ1v) is 7.13. The molecule has 0 bridgehead atoms. The highest BCUT2D eigenvalue weighted by Crippen LogP contribution is 2.50. The first-order chi connectivity index (χ1) is 8.14. The van der Waals surface area contributed by atoms with Gasteiger partial charge in [0.05, 0.1) is 0 Å². The number of rotatable bonds is 4. The molecule has 3 heteroatoms. The van der Waals surface area contributed by atoms with Crippen molar-refractivity contribution in [3.8, 4) is 0 Å². The molecule has 2 saturated carbocycles. The zero-order chi connectivity index (χ0) is 13.6. The Labute approximate surface area is 110 Å². The molecule has 0 spiro atoms. The van der Waals surface area contributed by atoms with Crippen molar-refractivity contribution in [2.75, 3.05) is 6.54 Å². The van der Waals surface area contributed by atoms with Crippen LogP contribution in [-0.2, 0) is 4.79 Å². The molecule has 2 N–H and O–H groups in total. The average Bonchev–Trinajstić information content (AvgIpc) is 2.92. The lowest BCUT2D eigenvalue weighted by Gasteiger charge is -2.50. The van der Waals surface area contributed by atoms with Crippen LogP contribution in [0.2, 0.25) is 0 Å². The van der Waals surface area contributed by atoms with E-state index in [0.717, 1.165) is 31.7 Å². The summed E-state index contributed by atoms with van der Waals surface area (Å²) in [5, 5.41) is 13.1. The summed E-state index contributed by atoms with van der Waals surface area (Å²) in [5.74, 6) is 0.0541. The van der Waals surface area contributed by atoms with Crippen LogP contribution in [0, 0.1) is 16.7 Å². The van der Waals surface area contributed by atoms with Gasteiger partial charge < -0.3 is 10.4 Å². The standard InChI is InChI=1S/C15H27NO2/c1-13(2)8-14(3,4)10-15(9-13,12(17)18)16-7-11-5-6-11/h11,16H,5-10H2,1-4H3,(H,17,18). The SMILES string of the molecule is CC1(C)CC(C)(C)CC(NCC2CC2)(C(=O)O)C1. The molecule has 2 aliphatic carbocycles. The monoisotopic (exact) mass is 253 g/mol. The largest absolute Gasteiger partial charge is 0.480 e. The Kier molecular flexibility index (Phi) is 3.25. The van der Waals surface area contributed by atoms with E-state index in [9.17, 15) is 9.90 Å². The number of aliphatic carboxylic acids is 1. The van der Waals surface area contributed by atoms with Crippen molar-refractivity contribution in [2.45, 2.75) is 65.3 Å². The number of hydrogen-bond donors (Lipinski definition) is 2. The highest BCUT2D eigenvalue weighted by Gasteiger charge is 2.52. The van der Waals surface area contributed by atoms with Gasteiger partial charge in [-0.05, 0) is 55.4 Å². The van der Waals surface area contributed by atoms with Crippen molar-refractivity contribution >= 4 is 5.97 Å². The second-order valence-corrected chi connectivity index (χ2v) is 8.07. The quantitative estimate of drug-likeness (QED) is 0.809.